The first kappa shape index (κ1) is 25.5. The molecule has 2 saturated heterocycles. The summed E-state index contributed by atoms with van der Waals surface area (Å²) in [6.07, 6.45) is 4.59. The third-order valence-corrected chi connectivity index (χ3v) is 7.05. The first-order valence-corrected chi connectivity index (χ1v) is 13.2. The fourth-order valence-electron chi connectivity index (χ4n) is 5.13. The molecule has 1 amide bonds. The molecule has 5 rings (SSSR count). The number of benzene rings is 2. The van der Waals surface area contributed by atoms with Crippen LogP contribution in [0.1, 0.15) is 61.3 Å². The number of aromatic nitrogens is 2. The topological polar surface area (TPSA) is 104 Å². The number of aryl methyl sites for hydroxylation is 1. The Hall–Kier alpha value is -4.14. The van der Waals surface area contributed by atoms with Crippen molar-refractivity contribution in [2.24, 2.45) is 0 Å². The Bertz CT molecular complexity index is 1420. The number of hydrogen-bond donors (Lipinski definition) is 1. The number of rotatable bonds is 7. The summed E-state index contributed by atoms with van der Waals surface area (Å²) in [5, 5.41) is 21.9. The molecule has 3 aromatic rings. The van der Waals surface area contributed by atoms with Gasteiger partial charge in [-0.05, 0) is 62.4 Å². The van der Waals surface area contributed by atoms with Gasteiger partial charge in [-0.1, -0.05) is 25.0 Å². The van der Waals surface area contributed by atoms with Crippen molar-refractivity contribution >= 4 is 11.6 Å². The van der Waals surface area contributed by atoms with Gasteiger partial charge < -0.3 is 19.4 Å². The standard InChI is InChI=1S/C30H31N5O3/c1-3-8-23-9-6-13-35(23)30(36)22-16-20(15-21(17-22)29-34-33-28(4-2)38-29)25-11-5-12-27(26(25)18-31)32-19-24-10-7-14-37-24/h5,11-12,15-17,23-24,32H,4,6-7,9-10,13-14,19H2,1-2H3. The smallest absolute Gasteiger partial charge is 0.254 e. The minimum Gasteiger partial charge on any atom is -0.421 e. The molecule has 0 radical (unpaired) electrons. The Morgan fingerprint density at radius 1 is 1.18 bits per heavy atom. The molecule has 0 spiro atoms. The van der Waals surface area contributed by atoms with Gasteiger partial charge >= 0.3 is 0 Å². The molecule has 1 aromatic heterocycles. The molecule has 194 valence electrons. The van der Waals surface area contributed by atoms with Crippen LogP contribution < -0.4 is 5.32 Å². The number of ether oxygens (including phenoxy) is 1. The second-order valence-corrected chi connectivity index (χ2v) is 9.56. The van der Waals surface area contributed by atoms with Crippen LogP contribution in [-0.4, -0.2) is 52.8 Å². The van der Waals surface area contributed by atoms with E-state index in [2.05, 4.69) is 33.4 Å². The number of carbonyl (C=O) groups excluding carboxylic acids is 1. The lowest BCUT2D eigenvalue weighted by Crippen LogP contribution is -2.34. The van der Waals surface area contributed by atoms with Crippen LogP contribution in [0.4, 0.5) is 5.69 Å². The van der Waals surface area contributed by atoms with Gasteiger partial charge in [0.1, 0.15) is 6.07 Å². The number of anilines is 1. The number of nitriles is 1. The van der Waals surface area contributed by atoms with Crippen LogP contribution in [0.3, 0.4) is 0 Å². The van der Waals surface area contributed by atoms with Gasteiger partial charge in [0.2, 0.25) is 11.8 Å². The average molecular weight is 510 g/mol. The minimum absolute atomic E-state index is 0.0975. The van der Waals surface area contributed by atoms with E-state index in [-0.39, 0.29) is 18.1 Å². The van der Waals surface area contributed by atoms with Gasteiger partial charge in [-0.15, -0.1) is 16.1 Å². The Kier molecular flexibility index (Phi) is 7.72. The van der Waals surface area contributed by atoms with E-state index < -0.39 is 0 Å². The summed E-state index contributed by atoms with van der Waals surface area (Å²) in [4.78, 5) is 15.6. The van der Waals surface area contributed by atoms with Crippen LogP contribution in [0.2, 0.25) is 0 Å². The van der Waals surface area contributed by atoms with Crippen LogP contribution in [0, 0.1) is 23.2 Å². The maximum Gasteiger partial charge on any atom is 0.254 e. The maximum atomic E-state index is 13.7. The fourth-order valence-corrected chi connectivity index (χ4v) is 5.13. The molecule has 8 heteroatoms. The third-order valence-electron chi connectivity index (χ3n) is 7.05. The van der Waals surface area contributed by atoms with Gasteiger partial charge in [-0.2, -0.15) is 5.26 Å². The molecule has 2 unspecified atom stereocenters. The largest absolute Gasteiger partial charge is 0.421 e. The molecule has 1 N–H and O–H groups in total. The number of likely N-dealkylation sites (tertiary alicyclic amines) is 1. The zero-order chi connectivity index (χ0) is 26.5. The highest BCUT2D eigenvalue weighted by Crippen LogP contribution is 2.34. The molecule has 0 saturated carbocycles. The van der Waals surface area contributed by atoms with Crippen molar-refractivity contribution in [3.05, 3.63) is 53.4 Å². The first-order chi connectivity index (χ1) is 18.6. The van der Waals surface area contributed by atoms with Crippen molar-refractivity contribution in [3.8, 4) is 40.5 Å². The highest BCUT2D eigenvalue weighted by atomic mass is 16.5. The second kappa shape index (κ2) is 11.5. The van der Waals surface area contributed by atoms with Gasteiger partial charge in [-0.3, -0.25) is 4.79 Å². The molecule has 2 aliphatic rings. The van der Waals surface area contributed by atoms with Crippen molar-refractivity contribution in [2.75, 3.05) is 25.0 Å². The number of hydrogen-bond acceptors (Lipinski definition) is 7. The lowest BCUT2D eigenvalue weighted by Gasteiger charge is -2.21. The van der Waals surface area contributed by atoms with Gasteiger partial charge in [0, 0.05) is 42.8 Å². The normalized spacial score (nSPS) is 18.6. The van der Waals surface area contributed by atoms with E-state index >= 15 is 0 Å². The van der Waals surface area contributed by atoms with Gasteiger partial charge in [0.15, 0.2) is 0 Å². The molecule has 0 aliphatic carbocycles. The summed E-state index contributed by atoms with van der Waals surface area (Å²) in [5.74, 6) is 6.89. The SMILES string of the molecule is CC#CC1CCCN1C(=O)c1cc(-c2nnc(CC)o2)cc(-c2cccc(NCC3CCCO3)c2C#N)c1. The van der Waals surface area contributed by atoms with Crippen molar-refractivity contribution in [3.63, 3.8) is 0 Å². The Labute approximate surface area is 223 Å². The van der Waals surface area contributed by atoms with Crippen molar-refractivity contribution in [1.29, 1.82) is 5.26 Å². The van der Waals surface area contributed by atoms with E-state index in [1.54, 1.807) is 13.0 Å². The lowest BCUT2D eigenvalue weighted by atomic mass is 9.94. The van der Waals surface area contributed by atoms with Gasteiger partial charge in [0.05, 0.1) is 23.4 Å². The molecular formula is C30H31N5O3. The maximum absolute atomic E-state index is 13.7. The van der Waals surface area contributed by atoms with Crippen LogP contribution in [0.5, 0.6) is 0 Å². The van der Waals surface area contributed by atoms with Crippen LogP contribution >= 0.6 is 0 Å². The highest BCUT2D eigenvalue weighted by molar-refractivity contribution is 5.98. The predicted molar refractivity (Wildman–Crippen MR) is 144 cm³/mol. The monoisotopic (exact) mass is 509 g/mol. The number of carbonyl (C=O) groups is 1. The second-order valence-electron chi connectivity index (χ2n) is 9.56. The van der Waals surface area contributed by atoms with Gasteiger partial charge in [-0.25, -0.2) is 0 Å². The molecule has 2 fully saturated rings. The van der Waals surface area contributed by atoms with E-state index in [0.717, 1.165) is 49.1 Å². The summed E-state index contributed by atoms with van der Waals surface area (Å²) < 4.78 is 11.6. The Balaban J connectivity index is 1.56. The number of amides is 1. The third kappa shape index (κ3) is 5.27. The molecule has 8 nitrogen and oxygen atoms in total. The summed E-state index contributed by atoms with van der Waals surface area (Å²) in [5.41, 5.74) is 3.84. The van der Waals surface area contributed by atoms with Crippen molar-refractivity contribution < 1.29 is 13.9 Å². The summed E-state index contributed by atoms with van der Waals surface area (Å²) in [7, 11) is 0. The zero-order valence-electron chi connectivity index (χ0n) is 21.8. The lowest BCUT2D eigenvalue weighted by molar-refractivity contribution is 0.0766. The van der Waals surface area contributed by atoms with Crippen LogP contribution in [0.15, 0.2) is 40.8 Å². The van der Waals surface area contributed by atoms with E-state index in [4.69, 9.17) is 9.15 Å². The predicted octanol–water partition coefficient (Wildman–Crippen LogP) is 5.06. The molecule has 2 aromatic carbocycles. The minimum atomic E-state index is -0.102. The summed E-state index contributed by atoms with van der Waals surface area (Å²) in [6, 6.07) is 13.5. The van der Waals surface area contributed by atoms with E-state index in [9.17, 15) is 10.1 Å². The zero-order valence-corrected chi connectivity index (χ0v) is 21.8. The number of nitrogens with zero attached hydrogens (tertiary/aromatic N) is 4. The quantitative estimate of drug-likeness (QED) is 0.444. The number of nitrogens with one attached hydrogen (secondary N) is 1. The van der Waals surface area contributed by atoms with E-state index in [0.29, 0.717) is 48.0 Å². The van der Waals surface area contributed by atoms with Crippen LogP contribution in [0.25, 0.3) is 22.6 Å². The van der Waals surface area contributed by atoms with Gasteiger partial charge in [0.25, 0.3) is 5.91 Å². The molecule has 0 bridgehead atoms. The highest BCUT2D eigenvalue weighted by Gasteiger charge is 2.29. The Morgan fingerprint density at radius 3 is 2.79 bits per heavy atom. The van der Waals surface area contributed by atoms with Crippen molar-refractivity contribution in [2.45, 2.75) is 58.1 Å². The first-order valence-electron chi connectivity index (χ1n) is 13.2. The average Bonchev–Trinajstić information content (AvgIpc) is 3.73. The molecular weight excluding hydrogens is 478 g/mol. The summed E-state index contributed by atoms with van der Waals surface area (Å²) in [6.45, 7) is 5.81. The van der Waals surface area contributed by atoms with Crippen molar-refractivity contribution in [1.82, 2.24) is 15.1 Å². The van der Waals surface area contributed by atoms with Crippen LogP contribution in [-0.2, 0) is 11.2 Å². The molecule has 3 heterocycles. The van der Waals surface area contributed by atoms with E-state index in [1.807, 2.05) is 42.2 Å². The Morgan fingerprint density at radius 2 is 2.05 bits per heavy atom. The fraction of sp³-hybridized carbons (Fsp3) is 0.400. The molecule has 38 heavy (non-hydrogen) atoms. The van der Waals surface area contributed by atoms with E-state index in [1.165, 1.54) is 0 Å². The summed E-state index contributed by atoms with van der Waals surface area (Å²) >= 11 is 0. The molecule has 2 atom stereocenters. The molecule has 2 aliphatic heterocycles.